The molecule has 2 unspecified atom stereocenters. The van der Waals surface area contributed by atoms with Gasteiger partial charge in [-0.25, -0.2) is 0 Å². The van der Waals surface area contributed by atoms with E-state index in [1.165, 1.54) is 24.8 Å². The predicted octanol–water partition coefficient (Wildman–Crippen LogP) is 3.21. The first-order chi connectivity index (χ1) is 8.08. The lowest BCUT2D eigenvalue weighted by molar-refractivity contribution is 0.401. The summed E-state index contributed by atoms with van der Waals surface area (Å²) in [6.07, 6.45) is 5.77. The molecule has 1 heterocycles. The molecule has 0 saturated heterocycles. The fraction of sp³-hybridized carbons (Fsp3) is 0.786. The molecule has 0 amide bonds. The molecular weight excluding hydrogens is 210 g/mol. The van der Waals surface area contributed by atoms with Crippen LogP contribution in [-0.4, -0.2) is 16.3 Å². The summed E-state index contributed by atoms with van der Waals surface area (Å²) < 4.78 is 1.92. The number of nitrogens with zero attached hydrogens (tertiary/aromatic N) is 2. The molecule has 0 bridgehead atoms. The molecule has 1 N–H and O–H groups in total. The van der Waals surface area contributed by atoms with Crippen LogP contribution in [0, 0.1) is 12.8 Å². The van der Waals surface area contributed by atoms with Gasteiger partial charge in [0.05, 0.1) is 5.69 Å². The van der Waals surface area contributed by atoms with Gasteiger partial charge in [0.25, 0.3) is 0 Å². The highest BCUT2D eigenvalue weighted by molar-refractivity contribution is 5.20. The van der Waals surface area contributed by atoms with Crippen LogP contribution in [0.2, 0.25) is 0 Å². The minimum atomic E-state index is 0.457. The maximum absolute atomic E-state index is 4.45. The Labute approximate surface area is 106 Å². The van der Waals surface area contributed by atoms with Crippen LogP contribution in [0.1, 0.15) is 57.3 Å². The van der Waals surface area contributed by atoms with Crippen molar-refractivity contribution in [2.45, 2.75) is 53.0 Å². The van der Waals surface area contributed by atoms with Crippen molar-refractivity contribution < 1.29 is 0 Å². The van der Waals surface area contributed by atoms with Gasteiger partial charge in [0.2, 0.25) is 0 Å². The van der Waals surface area contributed by atoms with E-state index in [-0.39, 0.29) is 0 Å². The van der Waals surface area contributed by atoms with Crippen molar-refractivity contribution in [1.82, 2.24) is 15.1 Å². The standard InChI is InChI=1S/C14H27N3/c1-6-8-15-14(9-11(3)7-2)13-10-17(5)16-12(13)4/h10-11,14-15H,6-9H2,1-5H3. The number of nitrogens with one attached hydrogen (secondary N) is 1. The minimum absolute atomic E-state index is 0.457. The summed E-state index contributed by atoms with van der Waals surface area (Å²) in [5, 5.41) is 8.10. The van der Waals surface area contributed by atoms with Gasteiger partial charge in [-0.1, -0.05) is 27.2 Å². The first-order valence-electron chi connectivity index (χ1n) is 6.81. The molecule has 0 aliphatic heterocycles. The lowest BCUT2D eigenvalue weighted by atomic mass is 9.94. The molecule has 98 valence electrons. The van der Waals surface area contributed by atoms with Crippen LogP contribution in [0.25, 0.3) is 0 Å². The van der Waals surface area contributed by atoms with Gasteiger partial charge in [-0.15, -0.1) is 0 Å². The second kappa shape index (κ2) is 6.80. The third-order valence-electron chi connectivity index (χ3n) is 3.40. The summed E-state index contributed by atoms with van der Waals surface area (Å²) in [5.74, 6) is 0.754. The molecule has 3 nitrogen and oxygen atoms in total. The Balaban J connectivity index is 2.77. The van der Waals surface area contributed by atoms with E-state index < -0.39 is 0 Å². The average molecular weight is 237 g/mol. The van der Waals surface area contributed by atoms with Gasteiger partial charge in [-0.05, 0) is 32.2 Å². The summed E-state index contributed by atoms with van der Waals surface area (Å²) >= 11 is 0. The summed E-state index contributed by atoms with van der Waals surface area (Å²) in [7, 11) is 2.00. The molecule has 0 aromatic carbocycles. The van der Waals surface area contributed by atoms with E-state index in [4.69, 9.17) is 0 Å². The average Bonchev–Trinajstić information content (AvgIpc) is 2.63. The van der Waals surface area contributed by atoms with E-state index in [0.717, 1.165) is 18.2 Å². The van der Waals surface area contributed by atoms with Gasteiger partial charge in [0, 0.05) is 24.8 Å². The SMILES string of the molecule is CCCNC(CC(C)CC)c1cn(C)nc1C. The molecular formula is C14H27N3. The number of rotatable bonds is 7. The van der Waals surface area contributed by atoms with Gasteiger partial charge < -0.3 is 5.32 Å². The van der Waals surface area contributed by atoms with Gasteiger partial charge in [0.15, 0.2) is 0 Å². The Hall–Kier alpha value is -0.830. The van der Waals surface area contributed by atoms with Crippen molar-refractivity contribution in [3.8, 4) is 0 Å². The molecule has 0 radical (unpaired) electrons. The lowest BCUT2D eigenvalue weighted by Crippen LogP contribution is -2.24. The van der Waals surface area contributed by atoms with Crippen LogP contribution in [0.4, 0.5) is 0 Å². The lowest BCUT2D eigenvalue weighted by Gasteiger charge is -2.21. The fourth-order valence-electron chi connectivity index (χ4n) is 2.17. The molecule has 3 heteroatoms. The quantitative estimate of drug-likeness (QED) is 0.789. The van der Waals surface area contributed by atoms with Crippen LogP contribution in [0.3, 0.4) is 0 Å². The first-order valence-corrected chi connectivity index (χ1v) is 6.81. The highest BCUT2D eigenvalue weighted by Crippen LogP contribution is 2.24. The zero-order valence-corrected chi connectivity index (χ0v) is 12.0. The van der Waals surface area contributed by atoms with Crippen LogP contribution < -0.4 is 5.32 Å². The van der Waals surface area contributed by atoms with E-state index in [1.54, 1.807) is 0 Å². The van der Waals surface area contributed by atoms with E-state index in [1.807, 2.05) is 11.7 Å². The Kier molecular flexibility index (Phi) is 5.69. The van der Waals surface area contributed by atoms with Gasteiger partial charge in [-0.3, -0.25) is 4.68 Å². The minimum Gasteiger partial charge on any atom is -0.310 e. The van der Waals surface area contributed by atoms with E-state index >= 15 is 0 Å². The van der Waals surface area contributed by atoms with E-state index in [0.29, 0.717) is 6.04 Å². The molecule has 17 heavy (non-hydrogen) atoms. The van der Waals surface area contributed by atoms with Crippen LogP contribution >= 0.6 is 0 Å². The fourth-order valence-corrected chi connectivity index (χ4v) is 2.17. The monoisotopic (exact) mass is 237 g/mol. The highest BCUT2D eigenvalue weighted by Gasteiger charge is 2.17. The molecule has 0 saturated carbocycles. The van der Waals surface area contributed by atoms with E-state index in [2.05, 4.69) is 44.3 Å². The van der Waals surface area contributed by atoms with Gasteiger partial charge >= 0.3 is 0 Å². The third-order valence-corrected chi connectivity index (χ3v) is 3.40. The summed E-state index contributed by atoms with van der Waals surface area (Å²) in [4.78, 5) is 0. The van der Waals surface area contributed by atoms with Crippen molar-refractivity contribution in [2.24, 2.45) is 13.0 Å². The number of hydrogen-bond donors (Lipinski definition) is 1. The Morgan fingerprint density at radius 3 is 2.59 bits per heavy atom. The number of hydrogen-bond acceptors (Lipinski definition) is 2. The molecule has 0 aliphatic carbocycles. The molecule has 1 rings (SSSR count). The largest absolute Gasteiger partial charge is 0.310 e. The summed E-state index contributed by atoms with van der Waals surface area (Å²) in [5.41, 5.74) is 2.52. The van der Waals surface area contributed by atoms with E-state index in [9.17, 15) is 0 Å². The van der Waals surface area contributed by atoms with Crippen LogP contribution in [-0.2, 0) is 7.05 Å². The van der Waals surface area contributed by atoms with Crippen molar-refractivity contribution in [3.05, 3.63) is 17.5 Å². The molecule has 0 spiro atoms. The maximum atomic E-state index is 4.45. The van der Waals surface area contributed by atoms with Crippen molar-refractivity contribution in [1.29, 1.82) is 0 Å². The first kappa shape index (κ1) is 14.2. The Morgan fingerprint density at radius 1 is 1.41 bits per heavy atom. The topological polar surface area (TPSA) is 29.9 Å². The molecule has 1 aromatic heterocycles. The number of aromatic nitrogens is 2. The number of aryl methyl sites for hydroxylation is 2. The van der Waals surface area contributed by atoms with Crippen molar-refractivity contribution in [2.75, 3.05) is 6.54 Å². The Bertz CT molecular complexity index is 330. The molecule has 0 fully saturated rings. The second-order valence-corrected chi connectivity index (χ2v) is 5.10. The normalized spacial score (nSPS) is 14.9. The van der Waals surface area contributed by atoms with Gasteiger partial charge in [-0.2, -0.15) is 5.10 Å². The molecule has 0 aliphatic rings. The van der Waals surface area contributed by atoms with Crippen molar-refractivity contribution in [3.63, 3.8) is 0 Å². The Morgan fingerprint density at radius 2 is 2.12 bits per heavy atom. The predicted molar refractivity (Wildman–Crippen MR) is 73.1 cm³/mol. The zero-order valence-electron chi connectivity index (χ0n) is 12.0. The van der Waals surface area contributed by atoms with Crippen LogP contribution in [0.5, 0.6) is 0 Å². The zero-order chi connectivity index (χ0) is 12.8. The molecule has 1 aromatic rings. The third kappa shape index (κ3) is 4.15. The van der Waals surface area contributed by atoms with Gasteiger partial charge in [0.1, 0.15) is 0 Å². The maximum Gasteiger partial charge on any atom is 0.0641 e. The second-order valence-electron chi connectivity index (χ2n) is 5.10. The summed E-state index contributed by atoms with van der Waals surface area (Å²) in [6.45, 7) is 9.98. The summed E-state index contributed by atoms with van der Waals surface area (Å²) in [6, 6.07) is 0.457. The smallest absolute Gasteiger partial charge is 0.0641 e. The molecule has 2 atom stereocenters. The highest BCUT2D eigenvalue weighted by atomic mass is 15.3. The van der Waals surface area contributed by atoms with Crippen molar-refractivity contribution >= 4 is 0 Å². The van der Waals surface area contributed by atoms with Crippen LogP contribution in [0.15, 0.2) is 6.20 Å².